The van der Waals surface area contributed by atoms with Gasteiger partial charge in [0.25, 0.3) is 0 Å². The van der Waals surface area contributed by atoms with E-state index in [0.717, 1.165) is 12.1 Å². The van der Waals surface area contributed by atoms with Crippen LogP contribution in [0.1, 0.15) is 11.1 Å². The molecule has 0 spiro atoms. The van der Waals surface area contributed by atoms with Crippen molar-refractivity contribution in [2.75, 3.05) is 0 Å². The normalized spacial score (nSPS) is 11.5. The molecule has 4 nitrogen and oxygen atoms in total. The molecule has 0 saturated heterocycles. The highest BCUT2D eigenvalue weighted by Crippen LogP contribution is 2.31. The van der Waals surface area contributed by atoms with Crippen molar-refractivity contribution >= 4 is 17.6 Å². The predicted molar refractivity (Wildman–Crippen MR) is 90.4 cm³/mol. The van der Waals surface area contributed by atoms with Crippen molar-refractivity contribution in [3.05, 3.63) is 70.9 Å². The Morgan fingerprint density at radius 1 is 1.15 bits per heavy atom. The van der Waals surface area contributed by atoms with Gasteiger partial charge in [0.15, 0.2) is 0 Å². The molecule has 0 atom stereocenters. The second kappa shape index (κ2) is 6.84. The first kappa shape index (κ1) is 18.0. The zero-order chi connectivity index (χ0) is 18.9. The van der Waals surface area contributed by atoms with Crippen molar-refractivity contribution < 1.29 is 23.1 Å². The molecule has 1 aromatic heterocycles. The maximum Gasteiger partial charge on any atom is 0.416 e. The smallest absolute Gasteiger partial charge is 0.416 e. The third kappa shape index (κ3) is 3.88. The van der Waals surface area contributed by atoms with Crippen molar-refractivity contribution in [1.82, 2.24) is 9.78 Å². The Morgan fingerprint density at radius 3 is 2.46 bits per heavy atom. The molecule has 0 saturated carbocycles. The van der Waals surface area contributed by atoms with Crippen LogP contribution in [-0.2, 0) is 17.4 Å². The summed E-state index contributed by atoms with van der Waals surface area (Å²) in [5.41, 5.74) is 0.764. The molecule has 0 fully saturated rings. The maximum absolute atomic E-state index is 12.9. The van der Waals surface area contributed by atoms with Gasteiger partial charge in [0.2, 0.25) is 0 Å². The van der Waals surface area contributed by atoms with Crippen LogP contribution in [0, 0.1) is 0 Å². The van der Waals surface area contributed by atoms with E-state index < -0.39 is 17.7 Å². The Hall–Kier alpha value is -2.80. The molecule has 0 bridgehead atoms. The molecule has 0 amide bonds. The third-order valence-electron chi connectivity index (χ3n) is 3.69. The highest BCUT2D eigenvalue weighted by molar-refractivity contribution is 6.30. The molecule has 1 heterocycles. The molecule has 0 radical (unpaired) electrons. The van der Waals surface area contributed by atoms with Crippen LogP contribution in [0.5, 0.6) is 0 Å². The van der Waals surface area contributed by atoms with Crippen LogP contribution < -0.4 is 0 Å². The second-order valence-corrected chi connectivity index (χ2v) is 6.01. The number of hydrogen-bond acceptors (Lipinski definition) is 2. The van der Waals surface area contributed by atoms with Crippen LogP contribution in [0.2, 0.25) is 5.02 Å². The zero-order valence-electron chi connectivity index (χ0n) is 13.2. The Balaban J connectivity index is 2.09. The van der Waals surface area contributed by atoms with Gasteiger partial charge in [0, 0.05) is 22.3 Å². The van der Waals surface area contributed by atoms with Crippen LogP contribution in [0.25, 0.3) is 16.9 Å². The number of aliphatic carboxylic acids is 1. The summed E-state index contributed by atoms with van der Waals surface area (Å²) in [6, 6.07) is 11.3. The van der Waals surface area contributed by atoms with Gasteiger partial charge in [-0.25, -0.2) is 4.68 Å². The maximum atomic E-state index is 12.9. The van der Waals surface area contributed by atoms with E-state index in [0.29, 0.717) is 21.8 Å². The first-order valence-corrected chi connectivity index (χ1v) is 7.86. The monoisotopic (exact) mass is 380 g/mol. The van der Waals surface area contributed by atoms with Gasteiger partial charge in [-0.05, 0) is 30.3 Å². The second-order valence-electron chi connectivity index (χ2n) is 5.57. The molecule has 0 aliphatic heterocycles. The minimum absolute atomic E-state index is 0.187. The number of carbonyl (C=O) groups is 1. The fraction of sp³-hybridized carbons (Fsp3) is 0.111. The summed E-state index contributed by atoms with van der Waals surface area (Å²) in [5, 5.41) is 13.9. The van der Waals surface area contributed by atoms with E-state index in [-0.39, 0.29) is 12.1 Å². The lowest BCUT2D eigenvalue weighted by molar-refractivity contribution is -0.138. The largest absolute Gasteiger partial charge is 0.481 e. The number of hydrogen-bond donors (Lipinski definition) is 1. The summed E-state index contributed by atoms with van der Waals surface area (Å²) in [6.45, 7) is 0. The number of carboxylic acids is 1. The minimum Gasteiger partial charge on any atom is -0.481 e. The lowest BCUT2D eigenvalue weighted by Crippen LogP contribution is -2.06. The highest BCUT2D eigenvalue weighted by Gasteiger charge is 2.30. The standard InChI is InChI=1S/C18H12ClF3N2O2/c19-14-6-4-11(5-7-14)17-12(8-16(25)26)10-24(23-17)15-3-1-2-13(9-15)18(20,21)22/h1-7,9-10H,8H2,(H,25,26). The molecule has 134 valence electrons. The summed E-state index contributed by atoms with van der Waals surface area (Å²) in [4.78, 5) is 11.1. The topological polar surface area (TPSA) is 55.1 Å². The quantitative estimate of drug-likeness (QED) is 0.704. The Kier molecular flexibility index (Phi) is 4.73. The number of nitrogens with zero attached hydrogens (tertiary/aromatic N) is 2. The van der Waals surface area contributed by atoms with Gasteiger partial charge < -0.3 is 5.11 Å². The van der Waals surface area contributed by atoms with Crippen molar-refractivity contribution in [2.45, 2.75) is 12.6 Å². The van der Waals surface area contributed by atoms with Crippen LogP contribution in [-0.4, -0.2) is 20.9 Å². The number of rotatable bonds is 4. The number of benzene rings is 2. The Labute approximate surface area is 151 Å². The average Bonchev–Trinajstić information content (AvgIpc) is 2.98. The first-order chi connectivity index (χ1) is 12.2. The van der Waals surface area contributed by atoms with Crippen LogP contribution in [0.3, 0.4) is 0 Å². The summed E-state index contributed by atoms with van der Waals surface area (Å²) in [6.07, 6.45) is -3.36. The fourth-order valence-electron chi connectivity index (χ4n) is 2.51. The molecular formula is C18H12ClF3N2O2. The zero-order valence-corrected chi connectivity index (χ0v) is 13.9. The lowest BCUT2D eigenvalue weighted by Gasteiger charge is -2.08. The Bertz CT molecular complexity index is 950. The summed E-state index contributed by atoms with van der Waals surface area (Å²) in [5.74, 6) is -1.07. The van der Waals surface area contributed by atoms with E-state index in [4.69, 9.17) is 16.7 Å². The van der Waals surface area contributed by atoms with Gasteiger partial charge in [0.05, 0.1) is 23.4 Å². The van der Waals surface area contributed by atoms with Gasteiger partial charge in [-0.3, -0.25) is 4.79 Å². The van der Waals surface area contributed by atoms with E-state index in [2.05, 4.69) is 5.10 Å². The molecule has 1 N–H and O–H groups in total. The van der Waals surface area contributed by atoms with Gasteiger partial charge in [0.1, 0.15) is 0 Å². The number of alkyl halides is 3. The van der Waals surface area contributed by atoms with E-state index in [1.807, 2.05) is 0 Å². The average molecular weight is 381 g/mol. The molecule has 0 aliphatic rings. The van der Waals surface area contributed by atoms with Crippen LogP contribution in [0.4, 0.5) is 13.2 Å². The van der Waals surface area contributed by atoms with E-state index in [9.17, 15) is 18.0 Å². The van der Waals surface area contributed by atoms with E-state index in [1.165, 1.54) is 23.0 Å². The summed E-state index contributed by atoms with van der Waals surface area (Å²) < 4.78 is 40.0. The first-order valence-electron chi connectivity index (χ1n) is 7.48. The third-order valence-corrected chi connectivity index (χ3v) is 3.94. The molecule has 3 rings (SSSR count). The van der Waals surface area contributed by atoms with Crippen molar-refractivity contribution in [1.29, 1.82) is 0 Å². The van der Waals surface area contributed by atoms with Gasteiger partial charge >= 0.3 is 12.1 Å². The fourth-order valence-corrected chi connectivity index (χ4v) is 2.64. The van der Waals surface area contributed by atoms with Crippen molar-refractivity contribution in [3.63, 3.8) is 0 Å². The molecule has 8 heteroatoms. The van der Waals surface area contributed by atoms with Crippen molar-refractivity contribution in [2.24, 2.45) is 0 Å². The summed E-state index contributed by atoms with van der Waals surface area (Å²) in [7, 11) is 0. The molecule has 0 unspecified atom stereocenters. The SMILES string of the molecule is O=C(O)Cc1cn(-c2cccc(C(F)(F)F)c2)nc1-c1ccc(Cl)cc1. The molecule has 0 aliphatic carbocycles. The molecular weight excluding hydrogens is 369 g/mol. The lowest BCUT2D eigenvalue weighted by atomic mass is 10.1. The predicted octanol–water partition coefficient (Wildman–Crippen LogP) is 4.84. The van der Waals surface area contributed by atoms with E-state index in [1.54, 1.807) is 24.3 Å². The highest BCUT2D eigenvalue weighted by atomic mass is 35.5. The summed E-state index contributed by atoms with van der Waals surface area (Å²) >= 11 is 5.86. The Morgan fingerprint density at radius 2 is 1.85 bits per heavy atom. The minimum atomic E-state index is -4.48. The molecule has 2 aromatic carbocycles. The van der Waals surface area contributed by atoms with Gasteiger partial charge in [-0.1, -0.05) is 29.8 Å². The van der Waals surface area contributed by atoms with Gasteiger partial charge in [-0.2, -0.15) is 18.3 Å². The number of aromatic nitrogens is 2. The van der Waals surface area contributed by atoms with Gasteiger partial charge in [-0.15, -0.1) is 0 Å². The number of carboxylic acid groups (broad SMARTS) is 1. The molecule has 3 aromatic rings. The molecule has 26 heavy (non-hydrogen) atoms. The van der Waals surface area contributed by atoms with E-state index >= 15 is 0 Å². The van der Waals surface area contributed by atoms with Crippen LogP contribution >= 0.6 is 11.6 Å². The van der Waals surface area contributed by atoms with Crippen LogP contribution in [0.15, 0.2) is 54.7 Å². The number of halogens is 4. The van der Waals surface area contributed by atoms with Crippen molar-refractivity contribution in [3.8, 4) is 16.9 Å².